The molecule has 0 radical (unpaired) electrons. The van der Waals surface area contributed by atoms with E-state index >= 15 is 0 Å². The van der Waals surface area contributed by atoms with Gasteiger partial charge in [0.25, 0.3) is 0 Å². The molecule has 1 aromatic rings. The minimum atomic E-state index is -3.36. The van der Waals surface area contributed by atoms with Crippen LogP contribution in [0.1, 0.15) is 5.56 Å². The second-order valence-corrected chi connectivity index (χ2v) is 5.30. The van der Waals surface area contributed by atoms with Gasteiger partial charge in [-0.3, -0.25) is 0 Å². The summed E-state index contributed by atoms with van der Waals surface area (Å²) in [7, 11) is 0.120. The van der Waals surface area contributed by atoms with E-state index in [1.807, 2.05) is 0 Å². The fourth-order valence-corrected chi connectivity index (χ4v) is 1.92. The minimum absolute atomic E-state index is 0.00343. The molecule has 2 N–H and O–H groups in total. The third-order valence-corrected chi connectivity index (χ3v) is 2.84. The molecular formula is C8H14N4O2S. The Labute approximate surface area is 89.1 Å². The van der Waals surface area contributed by atoms with Gasteiger partial charge in [-0.2, -0.15) is 0 Å². The Morgan fingerprint density at radius 2 is 2.07 bits per heavy atom. The highest BCUT2D eigenvalue weighted by molar-refractivity contribution is 7.90. The van der Waals surface area contributed by atoms with E-state index in [1.165, 1.54) is 6.20 Å². The number of sulfone groups is 1. The molecule has 15 heavy (non-hydrogen) atoms. The summed E-state index contributed by atoms with van der Waals surface area (Å²) in [5.41, 5.74) is 5.85. The number of hydrogen-bond donors (Lipinski definition) is 1. The quantitative estimate of drug-likeness (QED) is 0.698. The lowest BCUT2D eigenvalue weighted by Crippen LogP contribution is -2.17. The van der Waals surface area contributed by atoms with Crippen LogP contribution in [-0.2, 0) is 16.4 Å². The van der Waals surface area contributed by atoms with Crippen molar-refractivity contribution in [2.24, 2.45) is 5.73 Å². The van der Waals surface area contributed by atoms with Gasteiger partial charge in [-0.25, -0.2) is 18.4 Å². The molecule has 0 fully saturated rings. The summed E-state index contributed by atoms with van der Waals surface area (Å²) in [6.45, 7) is 0.107. The van der Waals surface area contributed by atoms with Crippen molar-refractivity contribution in [3.8, 4) is 0 Å². The highest BCUT2D eigenvalue weighted by atomic mass is 32.2. The summed E-state index contributed by atoms with van der Waals surface area (Å²) in [6.07, 6.45) is 2.55. The summed E-state index contributed by atoms with van der Waals surface area (Å²) < 4.78 is 22.8. The first-order chi connectivity index (χ1) is 6.86. The van der Waals surface area contributed by atoms with Gasteiger partial charge in [0.1, 0.15) is 0 Å². The van der Waals surface area contributed by atoms with Crippen LogP contribution in [-0.4, -0.2) is 38.7 Å². The zero-order valence-electron chi connectivity index (χ0n) is 8.93. The normalized spacial score (nSPS) is 11.5. The smallest absolute Gasteiger partial charge is 0.226 e. The van der Waals surface area contributed by atoms with E-state index in [-0.39, 0.29) is 11.6 Å². The summed E-state index contributed by atoms with van der Waals surface area (Å²) in [5, 5.41) is 0.00343. The van der Waals surface area contributed by atoms with Gasteiger partial charge in [0.2, 0.25) is 5.95 Å². The topological polar surface area (TPSA) is 89.2 Å². The maximum Gasteiger partial charge on any atom is 0.226 e. The van der Waals surface area contributed by atoms with Crippen LogP contribution < -0.4 is 10.6 Å². The molecule has 0 aliphatic heterocycles. The van der Waals surface area contributed by atoms with E-state index in [0.717, 1.165) is 6.26 Å². The van der Waals surface area contributed by atoms with Crippen LogP contribution in [0.4, 0.5) is 5.95 Å². The minimum Gasteiger partial charge on any atom is -0.347 e. The fourth-order valence-electron chi connectivity index (χ4n) is 1.06. The summed E-state index contributed by atoms with van der Waals surface area (Å²) in [4.78, 5) is 9.59. The first kappa shape index (κ1) is 11.9. The van der Waals surface area contributed by atoms with E-state index in [0.29, 0.717) is 11.5 Å². The molecule has 84 valence electrons. The fraction of sp³-hybridized carbons (Fsp3) is 0.500. The molecule has 1 aromatic heterocycles. The van der Waals surface area contributed by atoms with Crippen molar-refractivity contribution in [3.63, 3.8) is 0 Å². The molecule has 7 heteroatoms. The first-order valence-electron chi connectivity index (χ1n) is 4.29. The van der Waals surface area contributed by atoms with Crippen LogP contribution in [0, 0.1) is 0 Å². The maximum absolute atomic E-state index is 11.4. The summed E-state index contributed by atoms with van der Waals surface area (Å²) in [5.74, 6) is 0.354. The summed E-state index contributed by atoms with van der Waals surface area (Å²) in [6, 6.07) is 0. The van der Waals surface area contributed by atoms with Crippen molar-refractivity contribution in [3.05, 3.63) is 11.8 Å². The van der Waals surface area contributed by atoms with Crippen molar-refractivity contribution in [1.29, 1.82) is 0 Å². The van der Waals surface area contributed by atoms with Gasteiger partial charge in [0, 0.05) is 38.7 Å². The number of anilines is 1. The molecule has 0 aliphatic rings. The lowest BCUT2D eigenvalue weighted by molar-refractivity contribution is 0.596. The SMILES string of the molecule is CN(C)c1ncc(CN)c(S(C)(=O)=O)n1. The molecule has 6 nitrogen and oxygen atoms in total. The van der Waals surface area contributed by atoms with Crippen molar-refractivity contribution < 1.29 is 8.42 Å². The number of aromatic nitrogens is 2. The van der Waals surface area contributed by atoms with Gasteiger partial charge in [-0.1, -0.05) is 0 Å². The maximum atomic E-state index is 11.4. The second-order valence-electron chi connectivity index (χ2n) is 3.37. The Hall–Kier alpha value is -1.21. The molecule has 0 unspecified atom stereocenters. The van der Waals surface area contributed by atoms with Crippen LogP contribution in [0.15, 0.2) is 11.2 Å². The monoisotopic (exact) mass is 230 g/mol. The molecule has 0 saturated heterocycles. The largest absolute Gasteiger partial charge is 0.347 e. The first-order valence-corrected chi connectivity index (χ1v) is 6.18. The van der Waals surface area contributed by atoms with Crippen molar-refractivity contribution in [2.45, 2.75) is 11.6 Å². The molecule has 0 spiro atoms. The van der Waals surface area contributed by atoms with Crippen LogP contribution >= 0.6 is 0 Å². The molecule has 0 atom stereocenters. The Balaban J connectivity index is 3.39. The predicted octanol–water partition coefficient (Wildman–Crippen LogP) is -0.595. The van der Waals surface area contributed by atoms with Gasteiger partial charge in [0.05, 0.1) is 0 Å². The van der Waals surface area contributed by atoms with Gasteiger partial charge < -0.3 is 10.6 Å². The van der Waals surface area contributed by atoms with Crippen LogP contribution in [0.25, 0.3) is 0 Å². The van der Waals surface area contributed by atoms with Crippen LogP contribution in [0.5, 0.6) is 0 Å². The Morgan fingerprint density at radius 3 is 2.47 bits per heavy atom. The average Bonchev–Trinajstić information content (AvgIpc) is 2.15. The van der Waals surface area contributed by atoms with Crippen molar-refractivity contribution in [1.82, 2.24) is 9.97 Å². The molecule has 0 amide bonds. The zero-order chi connectivity index (χ0) is 11.6. The summed E-state index contributed by atoms with van der Waals surface area (Å²) >= 11 is 0. The average molecular weight is 230 g/mol. The molecule has 1 rings (SSSR count). The third kappa shape index (κ3) is 2.63. The van der Waals surface area contributed by atoms with E-state index in [9.17, 15) is 8.42 Å². The number of nitrogens with two attached hydrogens (primary N) is 1. The van der Waals surface area contributed by atoms with Crippen molar-refractivity contribution in [2.75, 3.05) is 25.3 Å². The Kier molecular flexibility index (Phi) is 3.25. The number of nitrogens with zero attached hydrogens (tertiary/aromatic N) is 3. The predicted molar refractivity (Wildman–Crippen MR) is 57.4 cm³/mol. The van der Waals surface area contributed by atoms with Crippen molar-refractivity contribution >= 4 is 15.8 Å². The molecule has 0 aromatic carbocycles. The highest BCUT2D eigenvalue weighted by Crippen LogP contribution is 2.14. The molecular weight excluding hydrogens is 216 g/mol. The molecule has 1 heterocycles. The van der Waals surface area contributed by atoms with E-state index < -0.39 is 9.84 Å². The van der Waals surface area contributed by atoms with E-state index in [4.69, 9.17) is 5.73 Å². The second kappa shape index (κ2) is 4.11. The van der Waals surface area contributed by atoms with Gasteiger partial charge in [0.15, 0.2) is 14.9 Å². The number of rotatable bonds is 3. The molecule has 0 saturated carbocycles. The Bertz CT molecular complexity index is 456. The number of hydrogen-bond acceptors (Lipinski definition) is 6. The van der Waals surface area contributed by atoms with Gasteiger partial charge in [-0.05, 0) is 0 Å². The van der Waals surface area contributed by atoms with Crippen LogP contribution in [0.2, 0.25) is 0 Å². The molecule has 0 bridgehead atoms. The third-order valence-electron chi connectivity index (χ3n) is 1.78. The van der Waals surface area contributed by atoms with E-state index in [1.54, 1.807) is 19.0 Å². The zero-order valence-corrected chi connectivity index (χ0v) is 9.74. The lowest BCUT2D eigenvalue weighted by atomic mass is 10.3. The van der Waals surface area contributed by atoms with Gasteiger partial charge in [-0.15, -0.1) is 0 Å². The molecule has 0 aliphatic carbocycles. The standard InChI is InChI=1S/C8H14N4O2S/c1-12(2)8-10-5-6(4-9)7(11-8)15(3,13)14/h5H,4,9H2,1-3H3. The highest BCUT2D eigenvalue weighted by Gasteiger charge is 2.16. The Morgan fingerprint density at radius 1 is 1.47 bits per heavy atom. The lowest BCUT2D eigenvalue weighted by Gasteiger charge is -2.12. The van der Waals surface area contributed by atoms with Gasteiger partial charge >= 0.3 is 0 Å². The van der Waals surface area contributed by atoms with Crippen LogP contribution in [0.3, 0.4) is 0 Å². The van der Waals surface area contributed by atoms with E-state index in [2.05, 4.69) is 9.97 Å².